The number of nitrogens with zero attached hydrogens (tertiary/aromatic N) is 5. The third-order valence-electron chi connectivity index (χ3n) is 3.69. The van der Waals surface area contributed by atoms with Crippen molar-refractivity contribution in [1.29, 1.82) is 0 Å². The summed E-state index contributed by atoms with van der Waals surface area (Å²) in [5, 5.41) is 3.25. The molecule has 0 aliphatic rings. The third-order valence-corrected chi connectivity index (χ3v) is 3.69. The minimum absolute atomic E-state index is 0.149. The Labute approximate surface area is 129 Å². The normalized spacial score (nSPS) is 13.0. The van der Waals surface area contributed by atoms with Gasteiger partial charge in [0.1, 0.15) is 0 Å². The van der Waals surface area contributed by atoms with Crippen molar-refractivity contribution < 1.29 is 0 Å². The molecule has 1 unspecified atom stereocenters. The van der Waals surface area contributed by atoms with Crippen LogP contribution in [0.4, 0.5) is 17.8 Å². The number of anilines is 3. The first-order valence-electron chi connectivity index (χ1n) is 7.57. The molecule has 6 heteroatoms. The summed E-state index contributed by atoms with van der Waals surface area (Å²) in [7, 11) is 5.92. The Kier molecular flexibility index (Phi) is 5.75. The fourth-order valence-corrected chi connectivity index (χ4v) is 1.78. The van der Waals surface area contributed by atoms with E-state index in [-0.39, 0.29) is 5.41 Å². The van der Waals surface area contributed by atoms with Gasteiger partial charge in [-0.3, -0.25) is 0 Å². The summed E-state index contributed by atoms with van der Waals surface area (Å²) >= 11 is 0. The Morgan fingerprint density at radius 3 is 2.10 bits per heavy atom. The largest absolute Gasteiger partial charge is 0.354 e. The minimum Gasteiger partial charge on any atom is -0.354 e. The van der Waals surface area contributed by atoms with Gasteiger partial charge in [0.25, 0.3) is 0 Å². The van der Waals surface area contributed by atoms with Crippen molar-refractivity contribution in [3.8, 4) is 0 Å². The second-order valence-electron chi connectivity index (χ2n) is 6.73. The summed E-state index contributed by atoms with van der Waals surface area (Å²) in [5.74, 6) is 2.01. The average molecular weight is 294 g/mol. The number of hydrogen-bond donors (Lipinski definition) is 1. The van der Waals surface area contributed by atoms with Crippen LogP contribution in [0.5, 0.6) is 0 Å². The summed E-state index contributed by atoms with van der Waals surface area (Å²) < 4.78 is 0. The smallest absolute Gasteiger partial charge is 0.231 e. The van der Waals surface area contributed by atoms with Crippen molar-refractivity contribution in [2.45, 2.75) is 47.1 Å². The highest BCUT2D eigenvalue weighted by Gasteiger charge is 2.26. The van der Waals surface area contributed by atoms with Gasteiger partial charge in [-0.2, -0.15) is 15.0 Å². The van der Waals surface area contributed by atoms with Crippen molar-refractivity contribution in [3.05, 3.63) is 0 Å². The summed E-state index contributed by atoms with van der Waals surface area (Å²) in [6.07, 6.45) is 1.03. The summed E-state index contributed by atoms with van der Waals surface area (Å²) in [6, 6.07) is 0.314. The molecule has 0 aliphatic heterocycles. The highest BCUT2D eigenvalue weighted by Crippen LogP contribution is 2.26. The van der Waals surface area contributed by atoms with E-state index in [0.717, 1.165) is 13.0 Å². The molecule has 1 aromatic heterocycles. The van der Waals surface area contributed by atoms with Crippen LogP contribution in [0.25, 0.3) is 0 Å². The van der Waals surface area contributed by atoms with Gasteiger partial charge in [0.2, 0.25) is 17.8 Å². The van der Waals surface area contributed by atoms with Crippen molar-refractivity contribution in [2.75, 3.05) is 42.8 Å². The molecule has 0 spiro atoms. The van der Waals surface area contributed by atoms with Gasteiger partial charge in [-0.05, 0) is 18.8 Å². The first-order chi connectivity index (χ1) is 9.66. The average Bonchev–Trinajstić information content (AvgIpc) is 2.42. The van der Waals surface area contributed by atoms with Gasteiger partial charge >= 0.3 is 0 Å². The minimum atomic E-state index is 0.149. The van der Waals surface area contributed by atoms with Gasteiger partial charge in [0.05, 0.1) is 0 Å². The molecule has 0 radical (unpaired) electrons. The Morgan fingerprint density at radius 1 is 1.05 bits per heavy atom. The first-order valence-corrected chi connectivity index (χ1v) is 7.57. The van der Waals surface area contributed by atoms with Crippen LogP contribution in [-0.4, -0.2) is 48.7 Å². The summed E-state index contributed by atoms with van der Waals surface area (Å²) in [6.45, 7) is 11.8. The molecule has 21 heavy (non-hydrogen) atoms. The number of hydrogen-bond acceptors (Lipinski definition) is 6. The van der Waals surface area contributed by atoms with Crippen molar-refractivity contribution >= 4 is 17.8 Å². The van der Waals surface area contributed by atoms with E-state index in [0.29, 0.717) is 23.9 Å². The maximum absolute atomic E-state index is 4.57. The Bertz CT molecular complexity index is 452. The zero-order valence-corrected chi connectivity index (χ0v) is 14.7. The highest BCUT2D eigenvalue weighted by molar-refractivity contribution is 5.44. The van der Waals surface area contributed by atoms with Crippen molar-refractivity contribution in [1.82, 2.24) is 15.0 Å². The zero-order valence-electron chi connectivity index (χ0n) is 14.7. The molecule has 120 valence electrons. The highest BCUT2D eigenvalue weighted by atomic mass is 15.4. The molecule has 1 N–H and O–H groups in total. The van der Waals surface area contributed by atoms with Gasteiger partial charge in [-0.1, -0.05) is 27.7 Å². The maximum Gasteiger partial charge on any atom is 0.231 e. The lowest BCUT2D eigenvalue weighted by molar-refractivity contribution is 0.327. The Hall–Kier alpha value is -1.59. The van der Waals surface area contributed by atoms with Gasteiger partial charge < -0.3 is 15.1 Å². The molecule has 0 saturated carbocycles. The molecule has 1 atom stereocenters. The number of rotatable bonds is 6. The molecule has 1 rings (SSSR count). The predicted molar refractivity (Wildman–Crippen MR) is 90.3 cm³/mol. The van der Waals surface area contributed by atoms with E-state index in [1.165, 1.54) is 0 Å². The molecule has 0 saturated heterocycles. The quantitative estimate of drug-likeness (QED) is 0.870. The van der Waals surface area contributed by atoms with Gasteiger partial charge in [0.15, 0.2) is 0 Å². The summed E-state index contributed by atoms with van der Waals surface area (Å²) in [4.78, 5) is 17.6. The van der Waals surface area contributed by atoms with Crippen LogP contribution >= 0.6 is 0 Å². The fourth-order valence-electron chi connectivity index (χ4n) is 1.78. The molecule has 1 aromatic rings. The van der Waals surface area contributed by atoms with Crippen LogP contribution in [0.1, 0.15) is 41.0 Å². The van der Waals surface area contributed by atoms with E-state index in [1.54, 1.807) is 0 Å². The molecule has 0 fully saturated rings. The van der Waals surface area contributed by atoms with Gasteiger partial charge in [-0.15, -0.1) is 0 Å². The molecule has 0 amide bonds. The lowest BCUT2D eigenvalue weighted by Gasteiger charge is -2.35. The number of nitrogens with one attached hydrogen (secondary N) is 1. The molecule has 1 heterocycles. The van der Waals surface area contributed by atoms with Crippen LogP contribution in [0.3, 0.4) is 0 Å². The van der Waals surface area contributed by atoms with E-state index >= 15 is 0 Å². The van der Waals surface area contributed by atoms with E-state index in [2.05, 4.69) is 59.8 Å². The van der Waals surface area contributed by atoms with Crippen LogP contribution < -0.4 is 15.1 Å². The van der Waals surface area contributed by atoms with E-state index < -0.39 is 0 Å². The van der Waals surface area contributed by atoms with Crippen molar-refractivity contribution in [2.24, 2.45) is 5.41 Å². The molecule has 6 nitrogen and oxygen atoms in total. The standard InChI is InChI=1S/C15H30N6/c1-9-10-16-12-17-13(20(6)7)19-14(18-12)21(8)11(2)15(3,4)5/h11H,9-10H2,1-8H3,(H,16,17,18,19). The van der Waals surface area contributed by atoms with Crippen molar-refractivity contribution in [3.63, 3.8) is 0 Å². The SMILES string of the molecule is CCCNc1nc(N(C)C)nc(N(C)C(C)C(C)(C)C)n1. The fraction of sp³-hybridized carbons (Fsp3) is 0.800. The van der Waals surface area contributed by atoms with E-state index in [9.17, 15) is 0 Å². The lowest BCUT2D eigenvalue weighted by Crippen LogP contribution is -2.40. The van der Waals surface area contributed by atoms with Gasteiger partial charge in [-0.25, -0.2) is 0 Å². The topological polar surface area (TPSA) is 57.2 Å². The van der Waals surface area contributed by atoms with Crippen LogP contribution in [0, 0.1) is 5.41 Å². The second kappa shape index (κ2) is 6.91. The maximum atomic E-state index is 4.57. The van der Waals surface area contributed by atoms with Crippen LogP contribution in [0.15, 0.2) is 0 Å². The van der Waals surface area contributed by atoms with E-state index in [1.807, 2.05) is 26.0 Å². The lowest BCUT2D eigenvalue weighted by atomic mass is 9.87. The third kappa shape index (κ3) is 4.72. The molecule has 0 aromatic carbocycles. The monoisotopic (exact) mass is 294 g/mol. The summed E-state index contributed by atoms with van der Waals surface area (Å²) in [5.41, 5.74) is 0.149. The Balaban J connectivity index is 3.12. The second-order valence-corrected chi connectivity index (χ2v) is 6.73. The number of aromatic nitrogens is 3. The Morgan fingerprint density at radius 2 is 1.62 bits per heavy atom. The molecular weight excluding hydrogens is 264 g/mol. The van der Waals surface area contributed by atoms with Crippen LogP contribution in [0.2, 0.25) is 0 Å². The van der Waals surface area contributed by atoms with Crippen LogP contribution in [-0.2, 0) is 0 Å². The zero-order chi connectivity index (χ0) is 16.2. The predicted octanol–water partition coefficient (Wildman–Crippen LogP) is 2.63. The van der Waals surface area contributed by atoms with Gasteiger partial charge in [0, 0.05) is 33.7 Å². The first kappa shape index (κ1) is 17.5. The molecular formula is C15H30N6. The van der Waals surface area contributed by atoms with E-state index in [4.69, 9.17) is 0 Å². The molecule has 0 aliphatic carbocycles. The molecule has 0 bridgehead atoms.